The van der Waals surface area contributed by atoms with Gasteiger partial charge in [0, 0.05) is 11.1 Å². The topological polar surface area (TPSA) is 65.2 Å². The molecular weight excluding hydrogens is 290 g/mol. The number of methoxy groups -OCH3 is 1. The summed E-state index contributed by atoms with van der Waals surface area (Å²) in [4.78, 5) is 4.53. The van der Waals surface area contributed by atoms with Gasteiger partial charge in [-0.3, -0.25) is 0 Å². The number of ether oxygens (including phenoxy) is 1. The third kappa shape index (κ3) is 2.40. The molecule has 0 unspecified atom stereocenters. The highest BCUT2D eigenvalue weighted by Crippen LogP contribution is 2.23. The van der Waals surface area contributed by atoms with Crippen LogP contribution >= 0.6 is 0 Å². The minimum absolute atomic E-state index is 0.462. The van der Waals surface area contributed by atoms with Gasteiger partial charge < -0.3 is 4.74 Å². The van der Waals surface area contributed by atoms with E-state index in [0.717, 1.165) is 22.6 Å². The van der Waals surface area contributed by atoms with Gasteiger partial charge in [-0.2, -0.15) is 9.61 Å². The molecule has 0 atom stereocenters. The summed E-state index contributed by atoms with van der Waals surface area (Å²) in [7, 11) is 1.63. The predicted molar refractivity (Wildman–Crippen MR) is 86.0 cm³/mol. The van der Waals surface area contributed by atoms with E-state index in [9.17, 15) is 0 Å². The van der Waals surface area contributed by atoms with E-state index in [4.69, 9.17) is 4.74 Å². The highest BCUT2D eigenvalue weighted by atomic mass is 16.5. The molecule has 2 aromatic carbocycles. The summed E-state index contributed by atoms with van der Waals surface area (Å²) in [5.74, 6) is 1.85. The number of hydrogen-bond acceptors (Lipinski definition) is 5. The monoisotopic (exact) mass is 303 g/mol. The molecule has 6 heteroatoms. The maximum atomic E-state index is 5.25. The van der Waals surface area contributed by atoms with Gasteiger partial charge >= 0.3 is 0 Å². The van der Waals surface area contributed by atoms with Crippen LogP contribution in [0.5, 0.6) is 5.75 Å². The number of rotatable bonds is 3. The molecule has 0 aliphatic rings. The van der Waals surface area contributed by atoms with Gasteiger partial charge in [0.2, 0.25) is 0 Å². The molecule has 0 fully saturated rings. The molecule has 112 valence electrons. The second kappa shape index (κ2) is 5.49. The third-order valence-corrected chi connectivity index (χ3v) is 3.54. The van der Waals surface area contributed by atoms with Gasteiger partial charge in [0.1, 0.15) is 5.75 Å². The van der Waals surface area contributed by atoms with E-state index >= 15 is 0 Å². The number of benzene rings is 2. The highest BCUT2D eigenvalue weighted by Gasteiger charge is 2.12. The smallest absolute Gasteiger partial charge is 0.272 e. The fraction of sp³-hybridized carbons (Fsp3) is 0.0588. The Labute approximate surface area is 132 Å². The van der Waals surface area contributed by atoms with Crippen molar-refractivity contribution in [3.8, 4) is 28.4 Å². The molecule has 4 rings (SSSR count). The van der Waals surface area contributed by atoms with E-state index in [2.05, 4.69) is 20.3 Å². The highest BCUT2D eigenvalue weighted by molar-refractivity contribution is 5.62. The Kier molecular flexibility index (Phi) is 3.20. The molecule has 23 heavy (non-hydrogen) atoms. The average Bonchev–Trinajstić information content (AvgIpc) is 3.05. The quantitative estimate of drug-likeness (QED) is 0.582. The van der Waals surface area contributed by atoms with Crippen LogP contribution in [0, 0.1) is 0 Å². The number of aromatic nitrogens is 5. The van der Waals surface area contributed by atoms with E-state index in [1.54, 1.807) is 17.8 Å². The van der Waals surface area contributed by atoms with Gasteiger partial charge in [-0.15, -0.1) is 10.2 Å². The largest absolute Gasteiger partial charge is 0.497 e. The van der Waals surface area contributed by atoms with Crippen LogP contribution < -0.4 is 4.74 Å². The molecular formula is C17H13N5O. The molecule has 0 aliphatic heterocycles. The summed E-state index contributed by atoms with van der Waals surface area (Å²) in [6.07, 6.45) is 1.72. The first-order valence-electron chi connectivity index (χ1n) is 7.13. The molecule has 0 radical (unpaired) electrons. The molecule has 0 spiro atoms. The molecule has 0 N–H and O–H groups in total. The lowest BCUT2D eigenvalue weighted by Crippen LogP contribution is -1.98. The lowest BCUT2D eigenvalue weighted by molar-refractivity contribution is 0.415. The molecule has 0 bridgehead atoms. The van der Waals surface area contributed by atoms with Gasteiger partial charge in [0.15, 0.2) is 5.82 Å². The van der Waals surface area contributed by atoms with Crippen molar-refractivity contribution in [3.63, 3.8) is 0 Å². The zero-order valence-corrected chi connectivity index (χ0v) is 12.4. The molecule has 4 aromatic rings. The normalized spacial score (nSPS) is 10.8. The van der Waals surface area contributed by atoms with Crippen molar-refractivity contribution in [1.82, 2.24) is 24.8 Å². The fourth-order valence-electron chi connectivity index (χ4n) is 2.39. The maximum Gasteiger partial charge on any atom is 0.272 e. The van der Waals surface area contributed by atoms with Crippen LogP contribution in [0.25, 0.3) is 28.4 Å². The predicted octanol–water partition coefficient (Wildman–Crippen LogP) is 2.86. The minimum atomic E-state index is 0.462. The van der Waals surface area contributed by atoms with E-state index < -0.39 is 0 Å². The van der Waals surface area contributed by atoms with Crippen LogP contribution in [0.1, 0.15) is 0 Å². The van der Waals surface area contributed by atoms with Crippen LogP contribution in [0.2, 0.25) is 0 Å². The Morgan fingerprint density at radius 1 is 0.913 bits per heavy atom. The maximum absolute atomic E-state index is 5.25. The van der Waals surface area contributed by atoms with Crippen LogP contribution in [0.4, 0.5) is 0 Å². The van der Waals surface area contributed by atoms with Gasteiger partial charge in [-0.05, 0) is 12.1 Å². The summed E-state index contributed by atoms with van der Waals surface area (Å²) in [5, 5.41) is 12.8. The Hall–Kier alpha value is -3.28. The van der Waals surface area contributed by atoms with E-state index in [1.807, 2.05) is 54.6 Å². The van der Waals surface area contributed by atoms with Crippen molar-refractivity contribution < 1.29 is 4.74 Å². The number of fused-ring (bicyclic) bond motifs is 1. The van der Waals surface area contributed by atoms with Crippen molar-refractivity contribution >= 4 is 5.78 Å². The van der Waals surface area contributed by atoms with Crippen molar-refractivity contribution in [2.45, 2.75) is 0 Å². The van der Waals surface area contributed by atoms with Crippen molar-refractivity contribution in [2.75, 3.05) is 7.11 Å². The molecule has 0 amide bonds. The first-order chi connectivity index (χ1) is 11.3. The van der Waals surface area contributed by atoms with Crippen LogP contribution in [-0.2, 0) is 0 Å². The first kappa shape index (κ1) is 13.4. The van der Waals surface area contributed by atoms with Gasteiger partial charge in [0.05, 0.1) is 19.0 Å². The SMILES string of the molecule is COc1cccc(-c2nnc3nc(-c4ccccc4)cnn23)c1. The Morgan fingerprint density at radius 2 is 1.74 bits per heavy atom. The second-order valence-electron chi connectivity index (χ2n) is 4.98. The van der Waals surface area contributed by atoms with E-state index in [-0.39, 0.29) is 0 Å². The summed E-state index contributed by atoms with van der Waals surface area (Å²) >= 11 is 0. The summed E-state index contributed by atoms with van der Waals surface area (Å²) < 4.78 is 6.87. The number of nitrogens with zero attached hydrogens (tertiary/aromatic N) is 5. The molecule has 6 nitrogen and oxygen atoms in total. The Morgan fingerprint density at radius 3 is 2.57 bits per heavy atom. The van der Waals surface area contributed by atoms with Crippen molar-refractivity contribution in [1.29, 1.82) is 0 Å². The lowest BCUT2D eigenvalue weighted by Gasteiger charge is -2.03. The van der Waals surface area contributed by atoms with Crippen molar-refractivity contribution in [2.24, 2.45) is 0 Å². The van der Waals surface area contributed by atoms with Crippen LogP contribution in [0.3, 0.4) is 0 Å². The first-order valence-corrected chi connectivity index (χ1v) is 7.13. The zero-order valence-electron chi connectivity index (χ0n) is 12.4. The average molecular weight is 303 g/mol. The van der Waals surface area contributed by atoms with E-state index in [1.165, 1.54) is 0 Å². The fourth-order valence-corrected chi connectivity index (χ4v) is 2.39. The zero-order chi connectivity index (χ0) is 15.6. The molecule has 2 aromatic heterocycles. The van der Waals surface area contributed by atoms with Gasteiger partial charge in [-0.1, -0.05) is 42.5 Å². The molecule has 2 heterocycles. The standard InChI is InChI=1S/C17H13N5O/c1-23-14-9-5-8-13(10-14)16-20-21-17-19-15(11-18-22(16)17)12-6-3-2-4-7-12/h2-11H,1H3. The minimum Gasteiger partial charge on any atom is -0.497 e. The van der Waals surface area contributed by atoms with Crippen molar-refractivity contribution in [3.05, 3.63) is 60.8 Å². The second-order valence-corrected chi connectivity index (χ2v) is 4.98. The Balaban J connectivity index is 1.81. The van der Waals surface area contributed by atoms with Crippen LogP contribution in [-0.4, -0.2) is 31.9 Å². The summed E-state index contributed by atoms with van der Waals surface area (Å²) in [6, 6.07) is 17.5. The molecule has 0 saturated carbocycles. The van der Waals surface area contributed by atoms with Gasteiger partial charge in [0.25, 0.3) is 5.78 Å². The third-order valence-electron chi connectivity index (χ3n) is 3.54. The number of hydrogen-bond donors (Lipinski definition) is 0. The Bertz CT molecular complexity index is 965. The summed E-state index contributed by atoms with van der Waals surface area (Å²) in [6.45, 7) is 0. The molecule has 0 saturated heterocycles. The van der Waals surface area contributed by atoms with Gasteiger partial charge in [-0.25, -0.2) is 4.98 Å². The van der Waals surface area contributed by atoms with E-state index in [0.29, 0.717) is 11.6 Å². The summed E-state index contributed by atoms with van der Waals surface area (Å²) in [5.41, 5.74) is 2.63. The molecule has 0 aliphatic carbocycles. The van der Waals surface area contributed by atoms with Crippen LogP contribution in [0.15, 0.2) is 60.8 Å². The lowest BCUT2D eigenvalue weighted by atomic mass is 10.2.